The van der Waals surface area contributed by atoms with Gasteiger partial charge in [0.25, 0.3) is 0 Å². The summed E-state index contributed by atoms with van der Waals surface area (Å²) in [4.78, 5) is 10.8. The van der Waals surface area contributed by atoms with Gasteiger partial charge in [0.05, 0.1) is 11.0 Å². The standard InChI is InChI=1S/C10H16Cl2N3O4PS/c1-8(9-2-3-10(21-9)15(16)17)19-20(18,13-6-4-11)14-7-5-12/h2-3,8H,4-7H2,1H3,(H2,13,14,18). The van der Waals surface area contributed by atoms with Crippen molar-refractivity contribution in [3.63, 3.8) is 0 Å². The summed E-state index contributed by atoms with van der Waals surface area (Å²) in [5.41, 5.74) is 0. The summed E-state index contributed by atoms with van der Waals surface area (Å²) in [6, 6.07) is 2.98. The fourth-order valence-electron chi connectivity index (χ4n) is 1.44. The lowest BCUT2D eigenvalue weighted by Gasteiger charge is -2.23. The zero-order valence-electron chi connectivity index (χ0n) is 11.3. The second-order valence-corrected chi connectivity index (χ2v) is 7.72. The van der Waals surface area contributed by atoms with Crippen molar-refractivity contribution in [2.75, 3.05) is 24.8 Å². The molecule has 120 valence electrons. The maximum Gasteiger partial charge on any atom is 0.341 e. The Bertz CT molecular complexity index is 504. The number of hydrogen-bond acceptors (Lipinski definition) is 5. The van der Waals surface area contributed by atoms with Crippen LogP contribution in [0.3, 0.4) is 0 Å². The van der Waals surface area contributed by atoms with Gasteiger partial charge < -0.3 is 0 Å². The van der Waals surface area contributed by atoms with Crippen molar-refractivity contribution < 1.29 is 14.0 Å². The molecule has 0 aliphatic rings. The van der Waals surface area contributed by atoms with Crippen LogP contribution in [-0.4, -0.2) is 29.8 Å². The number of halogens is 2. The number of nitro groups is 1. The number of thiophene rings is 1. The lowest BCUT2D eigenvalue weighted by atomic mass is 10.3. The first kappa shape index (κ1) is 18.8. The van der Waals surface area contributed by atoms with Gasteiger partial charge in [-0.25, -0.2) is 10.2 Å². The molecule has 1 heterocycles. The highest BCUT2D eigenvalue weighted by Gasteiger charge is 2.27. The molecule has 0 spiro atoms. The SMILES string of the molecule is CC(OP(=O)(NCCCl)NCCCl)c1ccc([N+](=O)[O-])s1. The van der Waals surface area contributed by atoms with Crippen LogP contribution in [0.2, 0.25) is 0 Å². The molecule has 0 saturated carbocycles. The Morgan fingerprint density at radius 1 is 1.38 bits per heavy atom. The molecule has 0 aliphatic carbocycles. The van der Waals surface area contributed by atoms with Gasteiger partial charge >= 0.3 is 12.7 Å². The first-order valence-corrected chi connectivity index (χ1v) is 9.57. The van der Waals surface area contributed by atoms with Crippen LogP contribution in [0.15, 0.2) is 12.1 Å². The van der Waals surface area contributed by atoms with E-state index >= 15 is 0 Å². The van der Waals surface area contributed by atoms with Crippen molar-refractivity contribution >= 4 is 47.2 Å². The van der Waals surface area contributed by atoms with Crippen LogP contribution in [0, 0.1) is 10.1 Å². The number of rotatable bonds is 10. The Morgan fingerprint density at radius 2 is 1.95 bits per heavy atom. The number of nitrogens with zero attached hydrogens (tertiary/aromatic N) is 1. The van der Waals surface area contributed by atoms with Gasteiger partial charge in [0.1, 0.15) is 0 Å². The van der Waals surface area contributed by atoms with Gasteiger partial charge in [-0.1, -0.05) is 11.3 Å². The topological polar surface area (TPSA) is 93.5 Å². The van der Waals surface area contributed by atoms with Crippen molar-refractivity contribution in [2.24, 2.45) is 0 Å². The molecule has 1 unspecified atom stereocenters. The predicted molar refractivity (Wildman–Crippen MR) is 85.5 cm³/mol. The monoisotopic (exact) mass is 375 g/mol. The maximum absolute atomic E-state index is 12.6. The second kappa shape index (κ2) is 9.05. The van der Waals surface area contributed by atoms with Gasteiger partial charge in [-0.15, -0.1) is 23.2 Å². The number of hydrogen-bond donors (Lipinski definition) is 2. The molecule has 2 N–H and O–H groups in total. The third kappa shape index (κ3) is 6.20. The van der Waals surface area contributed by atoms with Crippen LogP contribution in [0.4, 0.5) is 5.00 Å². The molecule has 7 nitrogen and oxygen atoms in total. The fourth-order valence-corrected chi connectivity index (χ4v) is 4.40. The minimum Gasteiger partial charge on any atom is -0.297 e. The minimum absolute atomic E-state index is 0.0118. The van der Waals surface area contributed by atoms with Gasteiger partial charge in [0, 0.05) is 35.8 Å². The molecule has 0 saturated heterocycles. The van der Waals surface area contributed by atoms with E-state index < -0.39 is 18.7 Å². The van der Waals surface area contributed by atoms with Crippen LogP contribution >= 0.6 is 42.2 Å². The number of nitrogens with one attached hydrogen (secondary N) is 2. The molecular formula is C10H16Cl2N3O4PS. The third-order valence-corrected chi connectivity index (χ3v) is 5.80. The smallest absolute Gasteiger partial charge is 0.297 e. The van der Waals surface area contributed by atoms with Crippen LogP contribution in [0.1, 0.15) is 17.9 Å². The fraction of sp³-hybridized carbons (Fsp3) is 0.600. The van der Waals surface area contributed by atoms with E-state index in [9.17, 15) is 14.7 Å². The van der Waals surface area contributed by atoms with Gasteiger partial charge in [0.15, 0.2) is 0 Å². The molecule has 1 atom stereocenters. The van der Waals surface area contributed by atoms with E-state index in [1.54, 1.807) is 13.0 Å². The van der Waals surface area contributed by atoms with Crippen LogP contribution < -0.4 is 10.2 Å². The zero-order valence-corrected chi connectivity index (χ0v) is 14.5. The Morgan fingerprint density at radius 3 is 2.38 bits per heavy atom. The van der Waals surface area contributed by atoms with Gasteiger partial charge in [-0.2, -0.15) is 0 Å². The van der Waals surface area contributed by atoms with Gasteiger partial charge in [-0.3, -0.25) is 19.2 Å². The van der Waals surface area contributed by atoms with E-state index in [2.05, 4.69) is 10.2 Å². The van der Waals surface area contributed by atoms with Crippen LogP contribution in [0.5, 0.6) is 0 Å². The Labute approximate surface area is 136 Å². The molecule has 1 aromatic rings. The molecule has 0 aromatic carbocycles. The van der Waals surface area contributed by atoms with Crippen molar-refractivity contribution in [2.45, 2.75) is 13.0 Å². The summed E-state index contributed by atoms with van der Waals surface area (Å²) < 4.78 is 18.1. The van der Waals surface area contributed by atoms with Gasteiger partial charge in [0.2, 0.25) is 0 Å². The highest BCUT2D eigenvalue weighted by atomic mass is 35.5. The molecule has 0 amide bonds. The molecule has 0 fully saturated rings. The Kier molecular flexibility index (Phi) is 8.12. The summed E-state index contributed by atoms with van der Waals surface area (Å²) in [6.07, 6.45) is -0.569. The molecule has 11 heteroatoms. The van der Waals surface area contributed by atoms with Crippen molar-refractivity contribution in [1.29, 1.82) is 0 Å². The second-order valence-electron chi connectivity index (χ2n) is 3.93. The molecule has 1 aromatic heterocycles. The summed E-state index contributed by atoms with van der Waals surface area (Å²) in [5, 5.41) is 16.1. The summed E-state index contributed by atoms with van der Waals surface area (Å²) >= 11 is 12.1. The molecular weight excluding hydrogens is 360 g/mol. The molecule has 21 heavy (non-hydrogen) atoms. The van der Waals surface area contributed by atoms with E-state index in [1.807, 2.05) is 0 Å². The first-order valence-electron chi connectivity index (χ1n) is 6.06. The maximum atomic E-state index is 12.6. The Hall–Kier alpha value is -0.210. The number of alkyl halides is 2. The van der Waals surface area contributed by atoms with Gasteiger partial charge in [-0.05, 0) is 13.0 Å². The average molecular weight is 376 g/mol. The van der Waals surface area contributed by atoms with E-state index in [1.165, 1.54) is 6.07 Å². The zero-order chi connectivity index (χ0) is 15.9. The lowest BCUT2D eigenvalue weighted by molar-refractivity contribution is -0.380. The quantitative estimate of drug-likeness (QED) is 0.281. The normalized spacial score (nSPS) is 13.3. The largest absolute Gasteiger partial charge is 0.341 e. The lowest BCUT2D eigenvalue weighted by Crippen LogP contribution is -2.27. The molecule has 0 aliphatic heterocycles. The predicted octanol–water partition coefficient (Wildman–Crippen LogP) is 3.50. The first-order chi connectivity index (χ1) is 9.91. The van der Waals surface area contributed by atoms with Crippen molar-refractivity contribution in [3.8, 4) is 0 Å². The van der Waals surface area contributed by atoms with Crippen LogP contribution in [0.25, 0.3) is 0 Å². The van der Waals surface area contributed by atoms with Crippen molar-refractivity contribution in [3.05, 3.63) is 27.1 Å². The van der Waals surface area contributed by atoms with E-state index in [0.717, 1.165) is 11.3 Å². The van der Waals surface area contributed by atoms with E-state index in [0.29, 0.717) is 18.0 Å². The Balaban J connectivity index is 2.75. The van der Waals surface area contributed by atoms with E-state index in [4.69, 9.17) is 27.7 Å². The molecule has 0 bridgehead atoms. The van der Waals surface area contributed by atoms with E-state index in [-0.39, 0.29) is 16.8 Å². The molecule has 1 rings (SSSR count). The highest BCUT2D eigenvalue weighted by molar-refractivity contribution is 7.54. The average Bonchev–Trinajstić information content (AvgIpc) is 2.93. The summed E-state index contributed by atoms with van der Waals surface area (Å²) in [6.45, 7) is 2.27. The third-order valence-electron chi connectivity index (χ3n) is 2.33. The van der Waals surface area contributed by atoms with Crippen LogP contribution in [-0.2, 0) is 9.09 Å². The highest BCUT2D eigenvalue weighted by Crippen LogP contribution is 2.44. The van der Waals surface area contributed by atoms with Crippen molar-refractivity contribution in [1.82, 2.24) is 10.2 Å². The minimum atomic E-state index is -3.32. The summed E-state index contributed by atoms with van der Waals surface area (Å²) in [5.74, 6) is 0.545. The summed E-state index contributed by atoms with van der Waals surface area (Å²) in [7, 11) is -3.32. The molecule has 0 radical (unpaired) electrons.